The number of halogens is 2. The van der Waals surface area contributed by atoms with Crippen LogP contribution in [0.3, 0.4) is 0 Å². The number of rotatable bonds is 1. The van der Waals surface area contributed by atoms with Crippen LogP contribution in [0.25, 0.3) is 27.4 Å². The van der Waals surface area contributed by atoms with Crippen molar-refractivity contribution in [1.82, 2.24) is 14.9 Å². The molecule has 0 aliphatic carbocycles. The third kappa shape index (κ3) is 4.21. The molecule has 1 aliphatic rings. The molecule has 0 saturated carbocycles. The van der Waals surface area contributed by atoms with E-state index in [-0.39, 0.29) is 0 Å². The largest absolute Gasteiger partial charge is 0.361 e. The van der Waals surface area contributed by atoms with Gasteiger partial charge in [-0.1, -0.05) is 37.9 Å². The second kappa shape index (κ2) is 8.05. The molecule has 3 nitrogen and oxygen atoms in total. The molecule has 0 unspecified atom stereocenters. The molecule has 2 N–H and O–H groups in total. The Labute approximate surface area is 175 Å². The molecule has 0 spiro atoms. The zero-order valence-corrected chi connectivity index (χ0v) is 18.3. The van der Waals surface area contributed by atoms with Crippen molar-refractivity contribution in [3.63, 3.8) is 0 Å². The van der Waals surface area contributed by atoms with Crippen LogP contribution in [0.4, 0.5) is 0 Å². The average molecular weight is 487 g/mol. The van der Waals surface area contributed by atoms with Crippen LogP contribution in [0.1, 0.15) is 12.0 Å². The van der Waals surface area contributed by atoms with Crippen LogP contribution >= 0.6 is 31.9 Å². The fraction of sp³-hybridized carbons (Fsp3) is 0.182. The van der Waals surface area contributed by atoms with Gasteiger partial charge in [0.15, 0.2) is 0 Å². The van der Waals surface area contributed by atoms with E-state index in [1.807, 2.05) is 12.3 Å². The van der Waals surface area contributed by atoms with Gasteiger partial charge in [-0.05, 0) is 61.5 Å². The minimum Gasteiger partial charge on any atom is -0.361 e. The Balaban J connectivity index is 0.000000153. The van der Waals surface area contributed by atoms with Crippen LogP contribution in [0, 0.1) is 0 Å². The Hall–Kier alpha value is -1.82. The lowest BCUT2D eigenvalue weighted by Crippen LogP contribution is -2.23. The second-order valence-electron chi connectivity index (χ2n) is 6.84. The van der Waals surface area contributed by atoms with Gasteiger partial charge in [-0.2, -0.15) is 0 Å². The molecular formula is C22H21Br2N3. The van der Waals surface area contributed by atoms with Gasteiger partial charge >= 0.3 is 0 Å². The van der Waals surface area contributed by atoms with Crippen LogP contribution in [0.15, 0.2) is 69.9 Å². The molecule has 5 heteroatoms. The van der Waals surface area contributed by atoms with Crippen molar-refractivity contribution in [2.24, 2.45) is 0 Å². The third-order valence-electron chi connectivity index (χ3n) is 4.92. The summed E-state index contributed by atoms with van der Waals surface area (Å²) in [6.07, 6.45) is 7.55. The van der Waals surface area contributed by atoms with Crippen LogP contribution in [0.5, 0.6) is 0 Å². The highest BCUT2D eigenvalue weighted by Crippen LogP contribution is 2.30. The maximum absolute atomic E-state index is 3.54. The number of nitrogens with zero attached hydrogens (tertiary/aromatic N) is 1. The summed E-state index contributed by atoms with van der Waals surface area (Å²) in [5.41, 5.74) is 5.22. The summed E-state index contributed by atoms with van der Waals surface area (Å²) in [4.78, 5) is 8.82. The van der Waals surface area contributed by atoms with Crippen LogP contribution in [0.2, 0.25) is 0 Å². The van der Waals surface area contributed by atoms with Gasteiger partial charge in [0.05, 0.1) is 0 Å². The van der Waals surface area contributed by atoms with Crippen molar-refractivity contribution in [1.29, 1.82) is 0 Å². The second-order valence-corrected chi connectivity index (χ2v) is 8.67. The van der Waals surface area contributed by atoms with E-state index in [0.29, 0.717) is 0 Å². The van der Waals surface area contributed by atoms with E-state index in [1.165, 1.54) is 32.9 Å². The van der Waals surface area contributed by atoms with E-state index in [0.717, 1.165) is 28.5 Å². The molecule has 138 valence electrons. The van der Waals surface area contributed by atoms with Crippen molar-refractivity contribution in [2.45, 2.75) is 6.42 Å². The maximum Gasteiger partial charge on any atom is 0.0461 e. The normalized spacial score (nSPS) is 14.9. The van der Waals surface area contributed by atoms with Gasteiger partial charge in [0.1, 0.15) is 0 Å². The number of fused-ring (bicyclic) bond motifs is 2. The first-order chi connectivity index (χ1) is 13.1. The summed E-state index contributed by atoms with van der Waals surface area (Å²) in [6, 6.07) is 14.6. The Bertz CT molecular complexity index is 1110. The molecule has 0 saturated heterocycles. The van der Waals surface area contributed by atoms with E-state index in [4.69, 9.17) is 0 Å². The molecule has 0 atom stereocenters. The van der Waals surface area contributed by atoms with Gasteiger partial charge in [-0.15, -0.1) is 0 Å². The molecule has 2 aromatic carbocycles. The van der Waals surface area contributed by atoms with Gasteiger partial charge in [0.25, 0.3) is 0 Å². The average Bonchev–Trinajstić information content (AvgIpc) is 3.29. The molecule has 0 radical (unpaired) electrons. The lowest BCUT2D eigenvalue weighted by Gasteiger charge is -2.21. The summed E-state index contributed by atoms with van der Waals surface area (Å²) in [6.45, 7) is 2.20. The Morgan fingerprint density at radius 2 is 1.70 bits per heavy atom. The smallest absolute Gasteiger partial charge is 0.0461 e. The van der Waals surface area contributed by atoms with E-state index >= 15 is 0 Å². The van der Waals surface area contributed by atoms with Crippen molar-refractivity contribution in [3.8, 4) is 0 Å². The van der Waals surface area contributed by atoms with Crippen molar-refractivity contribution < 1.29 is 0 Å². The number of hydrogen-bond donors (Lipinski definition) is 2. The zero-order valence-electron chi connectivity index (χ0n) is 15.1. The van der Waals surface area contributed by atoms with Gasteiger partial charge in [0.2, 0.25) is 0 Å². The Morgan fingerprint density at radius 1 is 0.926 bits per heavy atom. The fourth-order valence-electron chi connectivity index (χ4n) is 3.40. The molecular weight excluding hydrogens is 466 g/mol. The summed E-state index contributed by atoms with van der Waals surface area (Å²) >= 11 is 6.95. The van der Waals surface area contributed by atoms with Crippen LogP contribution < -0.4 is 0 Å². The van der Waals surface area contributed by atoms with Crippen molar-refractivity contribution >= 4 is 59.2 Å². The van der Waals surface area contributed by atoms with Gasteiger partial charge in [-0.25, -0.2) is 0 Å². The van der Waals surface area contributed by atoms with Gasteiger partial charge in [0, 0.05) is 61.8 Å². The molecule has 3 heterocycles. The molecule has 0 bridgehead atoms. The predicted octanol–water partition coefficient (Wildman–Crippen LogP) is 6.58. The number of hydrogen-bond acceptors (Lipinski definition) is 1. The topological polar surface area (TPSA) is 34.8 Å². The molecule has 0 amide bonds. The highest BCUT2D eigenvalue weighted by atomic mass is 79.9. The first-order valence-corrected chi connectivity index (χ1v) is 10.6. The number of nitrogens with one attached hydrogen (secondary N) is 2. The van der Waals surface area contributed by atoms with E-state index in [1.54, 1.807) is 0 Å². The predicted molar refractivity (Wildman–Crippen MR) is 122 cm³/mol. The molecule has 0 fully saturated rings. The molecule has 5 rings (SSSR count). The molecule has 2 aromatic heterocycles. The summed E-state index contributed by atoms with van der Waals surface area (Å²) in [7, 11) is 2.17. The molecule has 4 aromatic rings. The highest BCUT2D eigenvalue weighted by Gasteiger charge is 2.13. The van der Waals surface area contributed by atoms with Gasteiger partial charge < -0.3 is 14.9 Å². The summed E-state index contributed by atoms with van der Waals surface area (Å²) < 4.78 is 2.26. The maximum atomic E-state index is 3.54. The standard InChI is InChI=1S/C14H15BrN2.C8H6BrN/c1-17-6-4-10(5-7-17)13-9-16-14-3-2-11(15)8-12(13)14;9-7-1-2-8-6(5-7)3-4-10-8/h2-4,8-9,16H,5-7H2,1H3;1-5,10H. The van der Waals surface area contributed by atoms with Crippen molar-refractivity contribution in [3.05, 3.63) is 75.4 Å². The minimum absolute atomic E-state index is 1.05. The SMILES string of the molecule is Brc1ccc2[nH]ccc2c1.CN1CC=C(c2c[nH]c3ccc(Br)cc23)CC1. The van der Waals surface area contributed by atoms with Gasteiger partial charge in [-0.3, -0.25) is 0 Å². The summed E-state index contributed by atoms with van der Waals surface area (Å²) in [5.74, 6) is 0. The van der Waals surface area contributed by atoms with Crippen LogP contribution in [-0.4, -0.2) is 35.0 Å². The number of aromatic amines is 2. The highest BCUT2D eigenvalue weighted by molar-refractivity contribution is 9.10. The first-order valence-electron chi connectivity index (χ1n) is 8.97. The van der Waals surface area contributed by atoms with E-state index in [2.05, 4.69) is 102 Å². The lowest BCUT2D eigenvalue weighted by atomic mass is 9.99. The third-order valence-corrected chi connectivity index (χ3v) is 5.90. The fourth-order valence-corrected chi connectivity index (χ4v) is 4.14. The summed E-state index contributed by atoms with van der Waals surface area (Å²) in [5, 5.41) is 2.56. The minimum atomic E-state index is 1.05. The van der Waals surface area contributed by atoms with Crippen LogP contribution in [-0.2, 0) is 0 Å². The molecule has 27 heavy (non-hydrogen) atoms. The quantitative estimate of drug-likeness (QED) is 0.313. The van der Waals surface area contributed by atoms with Crippen molar-refractivity contribution in [2.75, 3.05) is 20.1 Å². The zero-order chi connectivity index (χ0) is 18.8. The number of H-pyrrole nitrogens is 2. The molecule has 1 aliphatic heterocycles. The Kier molecular flexibility index (Phi) is 5.53. The van der Waals surface area contributed by atoms with E-state index in [9.17, 15) is 0 Å². The number of likely N-dealkylation sites (N-methyl/N-ethyl adjacent to an activating group) is 1. The first kappa shape index (κ1) is 18.5. The number of aromatic nitrogens is 2. The Morgan fingerprint density at radius 3 is 2.48 bits per heavy atom. The monoisotopic (exact) mass is 485 g/mol. The van der Waals surface area contributed by atoms with E-state index < -0.39 is 0 Å². The lowest BCUT2D eigenvalue weighted by molar-refractivity contribution is 0.370. The number of benzene rings is 2.